The van der Waals surface area contributed by atoms with Crippen molar-refractivity contribution in [2.75, 3.05) is 0 Å². The van der Waals surface area contributed by atoms with Gasteiger partial charge in [0.15, 0.2) is 5.78 Å². The van der Waals surface area contributed by atoms with E-state index in [2.05, 4.69) is 0 Å². The predicted molar refractivity (Wildman–Crippen MR) is 158 cm³/mol. The summed E-state index contributed by atoms with van der Waals surface area (Å²) in [5.74, 6) is -2.47. The highest BCUT2D eigenvalue weighted by molar-refractivity contribution is 6.49. The normalized spacial score (nSPS) is 19.6. The molecular weight excluding hydrogens is 500 g/mol. The van der Waals surface area contributed by atoms with Gasteiger partial charge in [-0.25, -0.2) is 0 Å². The molecule has 0 aliphatic heterocycles. The first-order valence-electron chi connectivity index (χ1n) is 13.7. The number of hydrogen-bond acceptors (Lipinski definition) is 5. The number of Topliss-reactive ketones (excluding diaryl/α,β-unsaturated/α-hetero) is 3. The Kier molecular flexibility index (Phi) is 7.66. The predicted octanol–water partition coefficient (Wildman–Crippen LogP) is 6.91. The fraction of sp³-hybridized carbons (Fsp3) is 0.457. The Balaban J connectivity index is 2.55. The summed E-state index contributed by atoms with van der Waals surface area (Å²) in [7, 11) is 0. The third-order valence-electron chi connectivity index (χ3n) is 7.30. The molecule has 40 heavy (non-hydrogen) atoms. The van der Waals surface area contributed by atoms with E-state index in [0.29, 0.717) is 44.6 Å². The second-order valence-electron chi connectivity index (χ2n) is 15.0. The fourth-order valence-corrected chi connectivity index (χ4v) is 4.99. The van der Waals surface area contributed by atoms with Crippen molar-refractivity contribution in [3.8, 4) is 0 Å². The highest BCUT2D eigenvalue weighted by Gasteiger charge is 2.38. The van der Waals surface area contributed by atoms with Crippen LogP contribution in [0.4, 0.5) is 0 Å². The Labute approximate surface area is 238 Å². The summed E-state index contributed by atoms with van der Waals surface area (Å²) in [6, 6.07) is 0. The molecule has 0 aromatic carbocycles. The second kappa shape index (κ2) is 9.87. The number of carbonyl (C=O) groups excluding carboxylic acids is 5. The van der Waals surface area contributed by atoms with Crippen LogP contribution in [-0.2, 0) is 24.0 Å². The Morgan fingerprint density at radius 1 is 0.400 bits per heavy atom. The zero-order valence-electron chi connectivity index (χ0n) is 26.0. The minimum absolute atomic E-state index is 0.0484. The van der Waals surface area contributed by atoms with Crippen molar-refractivity contribution in [2.45, 2.75) is 83.1 Å². The van der Waals surface area contributed by atoms with Crippen LogP contribution >= 0.6 is 0 Å². The van der Waals surface area contributed by atoms with Crippen molar-refractivity contribution >= 4 is 28.9 Å². The summed E-state index contributed by atoms with van der Waals surface area (Å²) in [4.78, 5) is 65.6. The zero-order valence-corrected chi connectivity index (χ0v) is 26.0. The van der Waals surface area contributed by atoms with E-state index < -0.39 is 44.8 Å². The van der Waals surface area contributed by atoms with Gasteiger partial charge in [0, 0.05) is 22.3 Å². The summed E-state index contributed by atoms with van der Waals surface area (Å²) >= 11 is 0. The molecule has 0 aromatic rings. The first kappa shape index (κ1) is 31.1. The number of ketones is 5. The lowest BCUT2D eigenvalue weighted by Crippen LogP contribution is -2.30. The van der Waals surface area contributed by atoms with Crippen LogP contribution in [0.1, 0.15) is 83.1 Å². The van der Waals surface area contributed by atoms with Gasteiger partial charge in [-0.3, -0.25) is 24.0 Å². The molecule has 3 aliphatic carbocycles. The van der Waals surface area contributed by atoms with Crippen molar-refractivity contribution < 1.29 is 24.0 Å². The lowest BCUT2D eigenvalue weighted by Gasteiger charge is -2.33. The van der Waals surface area contributed by atoms with Crippen molar-refractivity contribution in [2.24, 2.45) is 21.7 Å². The minimum Gasteiger partial charge on any atom is -0.289 e. The zero-order chi connectivity index (χ0) is 30.7. The maximum absolute atomic E-state index is 13.7. The van der Waals surface area contributed by atoms with Crippen LogP contribution in [0.3, 0.4) is 0 Å². The van der Waals surface area contributed by atoms with Gasteiger partial charge in [0.2, 0.25) is 23.1 Å². The van der Waals surface area contributed by atoms with Gasteiger partial charge in [0.05, 0.1) is 0 Å². The average molecular weight is 543 g/mol. The van der Waals surface area contributed by atoms with Crippen LogP contribution in [0.25, 0.3) is 0 Å². The maximum Gasteiger partial charge on any atom is 0.229 e. The molecule has 0 heterocycles. The standard InChI is InChI=1S/C35H42O5/c1-32(2,3)22-13-19(14-23(29(22)38)33(4,5)6)28(20-15-24(34(7,8)9)30(39)26(36)17-20)21-16-25(35(10,11)12)31(40)27(37)18-21/h13-18H,1-12H3. The maximum atomic E-state index is 13.7. The molecule has 3 aliphatic rings. The molecule has 5 heteroatoms. The van der Waals surface area contributed by atoms with Crippen LogP contribution < -0.4 is 0 Å². The van der Waals surface area contributed by atoms with Crippen LogP contribution in [0.15, 0.2) is 81.0 Å². The Bertz CT molecular complexity index is 1350. The topological polar surface area (TPSA) is 85.3 Å². The van der Waals surface area contributed by atoms with E-state index in [0.717, 1.165) is 0 Å². The van der Waals surface area contributed by atoms with Gasteiger partial charge in [-0.1, -0.05) is 83.1 Å². The van der Waals surface area contributed by atoms with Crippen LogP contribution in [-0.4, -0.2) is 28.9 Å². The third kappa shape index (κ3) is 5.99. The molecule has 0 saturated carbocycles. The first-order chi connectivity index (χ1) is 17.9. The van der Waals surface area contributed by atoms with E-state index in [4.69, 9.17) is 0 Å². The molecule has 0 saturated heterocycles. The Hall–Kier alpha value is -3.47. The summed E-state index contributed by atoms with van der Waals surface area (Å²) in [5, 5.41) is 0. The van der Waals surface area contributed by atoms with Crippen molar-refractivity contribution in [3.63, 3.8) is 0 Å². The Morgan fingerprint density at radius 2 is 0.675 bits per heavy atom. The molecule has 0 fully saturated rings. The molecule has 0 bridgehead atoms. The smallest absolute Gasteiger partial charge is 0.229 e. The number of rotatable bonds is 2. The molecule has 0 N–H and O–H groups in total. The summed E-state index contributed by atoms with van der Waals surface area (Å²) in [6.07, 6.45) is 9.68. The fourth-order valence-electron chi connectivity index (χ4n) is 4.99. The lowest BCUT2D eigenvalue weighted by molar-refractivity contribution is -0.132. The van der Waals surface area contributed by atoms with Gasteiger partial charge < -0.3 is 0 Å². The molecule has 0 radical (unpaired) electrons. The van der Waals surface area contributed by atoms with E-state index >= 15 is 0 Å². The molecule has 0 spiro atoms. The highest BCUT2D eigenvalue weighted by Crippen LogP contribution is 2.44. The molecular formula is C35H42O5. The van der Waals surface area contributed by atoms with Gasteiger partial charge >= 0.3 is 0 Å². The molecule has 5 nitrogen and oxygen atoms in total. The van der Waals surface area contributed by atoms with Crippen LogP contribution in [0.5, 0.6) is 0 Å². The van der Waals surface area contributed by atoms with E-state index in [1.165, 1.54) is 12.2 Å². The lowest BCUT2D eigenvalue weighted by atomic mass is 9.70. The quantitative estimate of drug-likeness (QED) is 0.279. The molecule has 0 amide bonds. The van der Waals surface area contributed by atoms with E-state index in [9.17, 15) is 24.0 Å². The number of hydrogen-bond donors (Lipinski definition) is 0. The minimum atomic E-state index is -0.647. The molecule has 0 atom stereocenters. The third-order valence-corrected chi connectivity index (χ3v) is 7.30. The van der Waals surface area contributed by atoms with Gasteiger partial charge in [0.1, 0.15) is 0 Å². The van der Waals surface area contributed by atoms with E-state index in [-0.39, 0.29) is 5.78 Å². The highest BCUT2D eigenvalue weighted by atomic mass is 16.2. The SMILES string of the molecule is CC(C)(C)C1=CC(C(C2=CC(=O)C(=O)C(C(C)(C)C)=C2)=C2C=C(C(C)(C)C)C(=O)C(C(C)(C)C)=C2)=CC(=O)C1=O. The molecule has 0 aromatic heterocycles. The van der Waals surface area contributed by atoms with Gasteiger partial charge in [0.25, 0.3) is 0 Å². The van der Waals surface area contributed by atoms with Crippen LogP contribution in [0.2, 0.25) is 0 Å². The monoisotopic (exact) mass is 542 g/mol. The average Bonchev–Trinajstić information content (AvgIpc) is 2.76. The summed E-state index contributed by atoms with van der Waals surface area (Å²) in [6.45, 7) is 23.0. The molecule has 0 unspecified atom stereocenters. The van der Waals surface area contributed by atoms with E-state index in [1.807, 2.05) is 95.2 Å². The van der Waals surface area contributed by atoms with Gasteiger partial charge in [-0.15, -0.1) is 0 Å². The van der Waals surface area contributed by atoms with Crippen molar-refractivity contribution in [1.82, 2.24) is 0 Å². The Morgan fingerprint density at radius 3 is 0.950 bits per heavy atom. The number of allylic oxidation sites excluding steroid dienone is 14. The molecule has 3 rings (SSSR count). The largest absolute Gasteiger partial charge is 0.289 e. The first-order valence-corrected chi connectivity index (χ1v) is 13.7. The van der Waals surface area contributed by atoms with E-state index in [1.54, 1.807) is 12.2 Å². The second-order valence-corrected chi connectivity index (χ2v) is 15.0. The van der Waals surface area contributed by atoms with Gasteiger partial charge in [-0.05, 0) is 80.4 Å². The summed E-state index contributed by atoms with van der Waals surface area (Å²) in [5.41, 5.74) is 1.83. The molecule has 212 valence electrons. The number of carbonyl (C=O) groups is 5. The summed E-state index contributed by atoms with van der Waals surface area (Å²) < 4.78 is 0. The van der Waals surface area contributed by atoms with Crippen LogP contribution in [0, 0.1) is 21.7 Å². The van der Waals surface area contributed by atoms with Crippen molar-refractivity contribution in [1.29, 1.82) is 0 Å². The van der Waals surface area contributed by atoms with Gasteiger partial charge in [-0.2, -0.15) is 0 Å². The van der Waals surface area contributed by atoms with Crippen molar-refractivity contribution in [3.05, 3.63) is 81.0 Å².